The lowest BCUT2D eigenvalue weighted by Gasteiger charge is -2.25. The smallest absolute Gasteiger partial charge is 0.123 e. The van der Waals surface area contributed by atoms with Crippen LogP contribution in [0.25, 0.3) is 0 Å². The highest BCUT2D eigenvalue weighted by atomic mass is 19.1. The summed E-state index contributed by atoms with van der Waals surface area (Å²) >= 11 is 0. The van der Waals surface area contributed by atoms with E-state index < -0.39 is 0 Å². The van der Waals surface area contributed by atoms with Crippen LogP contribution in [0.15, 0.2) is 24.3 Å². The normalized spacial score (nSPS) is 23.6. The molecule has 18 heavy (non-hydrogen) atoms. The Hall–Kier alpha value is -1.40. The minimum Gasteiger partial charge on any atom is -0.314 e. The van der Waals surface area contributed by atoms with Gasteiger partial charge in [0, 0.05) is 12.0 Å². The van der Waals surface area contributed by atoms with Gasteiger partial charge >= 0.3 is 0 Å². The molecule has 0 aliphatic heterocycles. The Labute approximate surface area is 108 Å². The molecule has 1 saturated carbocycles. The summed E-state index contributed by atoms with van der Waals surface area (Å²) in [5, 5.41) is 12.3. The highest BCUT2D eigenvalue weighted by Gasteiger charge is 2.19. The summed E-state index contributed by atoms with van der Waals surface area (Å²) in [6, 6.07) is 9.65. The molecule has 3 heteroatoms. The third-order valence-corrected chi connectivity index (χ3v) is 3.65. The van der Waals surface area contributed by atoms with Crippen molar-refractivity contribution in [1.82, 2.24) is 5.32 Å². The second-order valence-corrected chi connectivity index (χ2v) is 5.01. The summed E-state index contributed by atoms with van der Waals surface area (Å²) in [6.07, 6.45) is 5.04. The van der Waals surface area contributed by atoms with Crippen LogP contribution in [0.1, 0.15) is 31.2 Å². The summed E-state index contributed by atoms with van der Waals surface area (Å²) in [6.45, 7) is 0.880. The zero-order chi connectivity index (χ0) is 12.8. The average Bonchev–Trinajstić information content (AvgIpc) is 2.40. The highest BCUT2D eigenvalue weighted by molar-refractivity contribution is 5.16. The summed E-state index contributed by atoms with van der Waals surface area (Å²) in [4.78, 5) is 0. The number of nitriles is 1. The lowest BCUT2D eigenvalue weighted by atomic mass is 9.87. The Morgan fingerprint density at radius 3 is 2.72 bits per heavy atom. The van der Waals surface area contributed by atoms with Crippen LogP contribution < -0.4 is 5.32 Å². The van der Waals surface area contributed by atoms with Gasteiger partial charge in [-0.25, -0.2) is 4.39 Å². The Morgan fingerprint density at radius 2 is 2.06 bits per heavy atom. The first-order valence-corrected chi connectivity index (χ1v) is 6.65. The first-order chi connectivity index (χ1) is 8.78. The maximum Gasteiger partial charge on any atom is 0.123 e. The summed E-state index contributed by atoms with van der Waals surface area (Å²) in [7, 11) is 0. The van der Waals surface area contributed by atoms with E-state index in [9.17, 15) is 4.39 Å². The van der Waals surface area contributed by atoms with Crippen LogP contribution >= 0.6 is 0 Å². The van der Waals surface area contributed by atoms with Gasteiger partial charge in [0.1, 0.15) is 5.82 Å². The van der Waals surface area contributed by atoms with E-state index >= 15 is 0 Å². The second-order valence-electron chi connectivity index (χ2n) is 5.01. The molecule has 1 aliphatic rings. The van der Waals surface area contributed by atoms with Crippen LogP contribution in [0.4, 0.5) is 4.39 Å². The lowest BCUT2D eigenvalue weighted by Crippen LogP contribution is -2.34. The Balaban J connectivity index is 1.69. The molecule has 0 bridgehead atoms. The second kappa shape index (κ2) is 6.51. The van der Waals surface area contributed by atoms with Crippen molar-refractivity contribution in [3.63, 3.8) is 0 Å². The minimum atomic E-state index is -0.165. The van der Waals surface area contributed by atoms with Crippen molar-refractivity contribution in [3.05, 3.63) is 35.6 Å². The maximum absolute atomic E-state index is 13.0. The topological polar surface area (TPSA) is 35.8 Å². The van der Waals surface area contributed by atoms with Gasteiger partial charge in [-0.2, -0.15) is 5.26 Å². The fourth-order valence-corrected chi connectivity index (χ4v) is 2.54. The van der Waals surface area contributed by atoms with Crippen LogP contribution in [-0.2, 0) is 6.42 Å². The van der Waals surface area contributed by atoms with Crippen molar-refractivity contribution >= 4 is 0 Å². The summed E-state index contributed by atoms with van der Waals surface area (Å²) < 4.78 is 13.0. The lowest BCUT2D eigenvalue weighted by molar-refractivity contribution is 0.334. The van der Waals surface area contributed by atoms with Gasteiger partial charge in [-0.05, 0) is 56.3 Å². The third kappa shape index (κ3) is 3.82. The van der Waals surface area contributed by atoms with Crippen molar-refractivity contribution in [2.75, 3.05) is 6.54 Å². The summed E-state index contributed by atoms with van der Waals surface area (Å²) in [5.74, 6) is 0.0910. The molecular weight excluding hydrogens is 227 g/mol. The van der Waals surface area contributed by atoms with Crippen molar-refractivity contribution in [2.45, 2.75) is 38.1 Å². The molecule has 2 rings (SSSR count). The maximum atomic E-state index is 13.0. The van der Waals surface area contributed by atoms with E-state index in [0.717, 1.165) is 44.2 Å². The first kappa shape index (κ1) is 13.0. The molecule has 1 fully saturated rings. The monoisotopic (exact) mass is 246 g/mol. The van der Waals surface area contributed by atoms with Crippen molar-refractivity contribution in [1.29, 1.82) is 5.26 Å². The number of hydrogen-bond acceptors (Lipinski definition) is 2. The number of halogens is 1. The molecular formula is C15H19FN2. The molecule has 96 valence electrons. The fraction of sp³-hybridized carbons (Fsp3) is 0.533. The SMILES string of the molecule is N#CC1CCC(NCCc2cccc(F)c2)CC1. The Morgan fingerprint density at radius 1 is 1.28 bits per heavy atom. The van der Waals surface area contributed by atoms with Gasteiger partial charge in [0.05, 0.1) is 6.07 Å². The van der Waals surface area contributed by atoms with Gasteiger partial charge in [-0.15, -0.1) is 0 Å². The molecule has 0 heterocycles. The number of nitrogens with zero attached hydrogens (tertiary/aromatic N) is 1. The van der Waals surface area contributed by atoms with Gasteiger partial charge < -0.3 is 5.32 Å². The van der Waals surface area contributed by atoms with E-state index in [1.165, 1.54) is 6.07 Å². The van der Waals surface area contributed by atoms with Crippen molar-refractivity contribution in [2.24, 2.45) is 5.92 Å². The standard InChI is InChI=1S/C15H19FN2/c16-14-3-1-2-12(10-14)8-9-18-15-6-4-13(11-17)5-7-15/h1-3,10,13,15,18H,4-9H2. The van der Waals surface area contributed by atoms with E-state index in [0.29, 0.717) is 6.04 Å². The Bertz CT molecular complexity index is 417. The number of nitrogens with one attached hydrogen (secondary N) is 1. The summed E-state index contributed by atoms with van der Waals surface area (Å²) in [5.41, 5.74) is 1.04. The first-order valence-electron chi connectivity index (χ1n) is 6.65. The predicted octanol–water partition coefficient (Wildman–Crippen LogP) is 3.04. The van der Waals surface area contributed by atoms with Crippen LogP contribution in [0.5, 0.6) is 0 Å². The molecule has 1 aliphatic carbocycles. The zero-order valence-corrected chi connectivity index (χ0v) is 10.5. The molecule has 2 nitrogen and oxygen atoms in total. The van der Waals surface area contributed by atoms with E-state index in [2.05, 4.69) is 11.4 Å². The van der Waals surface area contributed by atoms with Gasteiger partial charge in [0.25, 0.3) is 0 Å². The third-order valence-electron chi connectivity index (χ3n) is 3.65. The number of rotatable bonds is 4. The molecule has 0 amide bonds. The van der Waals surface area contributed by atoms with E-state index in [-0.39, 0.29) is 11.7 Å². The van der Waals surface area contributed by atoms with Crippen molar-refractivity contribution < 1.29 is 4.39 Å². The molecule has 0 saturated heterocycles. The zero-order valence-electron chi connectivity index (χ0n) is 10.5. The average molecular weight is 246 g/mol. The highest BCUT2D eigenvalue weighted by Crippen LogP contribution is 2.23. The molecule has 0 unspecified atom stereocenters. The molecule has 1 aromatic rings. The van der Waals surface area contributed by atoms with E-state index in [4.69, 9.17) is 5.26 Å². The molecule has 1 N–H and O–H groups in total. The Kier molecular flexibility index (Phi) is 4.72. The minimum absolute atomic E-state index is 0.165. The quantitative estimate of drug-likeness (QED) is 0.886. The van der Waals surface area contributed by atoms with Gasteiger partial charge in [0.2, 0.25) is 0 Å². The molecule has 0 radical (unpaired) electrons. The van der Waals surface area contributed by atoms with Crippen LogP contribution in [0.2, 0.25) is 0 Å². The van der Waals surface area contributed by atoms with Crippen LogP contribution in [-0.4, -0.2) is 12.6 Å². The largest absolute Gasteiger partial charge is 0.314 e. The molecule has 0 aromatic heterocycles. The van der Waals surface area contributed by atoms with E-state index in [1.54, 1.807) is 12.1 Å². The van der Waals surface area contributed by atoms with Gasteiger partial charge in [-0.3, -0.25) is 0 Å². The van der Waals surface area contributed by atoms with E-state index in [1.807, 2.05) is 6.07 Å². The van der Waals surface area contributed by atoms with Crippen LogP contribution in [0, 0.1) is 23.1 Å². The molecule has 0 atom stereocenters. The molecule has 0 spiro atoms. The van der Waals surface area contributed by atoms with Gasteiger partial charge in [-0.1, -0.05) is 12.1 Å². The number of benzene rings is 1. The van der Waals surface area contributed by atoms with Gasteiger partial charge in [0.15, 0.2) is 0 Å². The fourth-order valence-electron chi connectivity index (χ4n) is 2.54. The molecule has 1 aromatic carbocycles. The van der Waals surface area contributed by atoms with Crippen LogP contribution in [0.3, 0.4) is 0 Å². The van der Waals surface area contributed by atoms with Crippen molar-refractivity contribution in [3.8, 4) is 6.07 Å². The number of hydrogen-bond donors (Lipinski definition) is 1. The predicted molar refractivity (Wildman–Crippen MR) is 69.5 cm³/mol.